The Morgan fingerprint density at radius 2 is 1.88 bits per heavy atom. The van der Waals surface area contributed by atoms with E-state index in [1.165, 1.54) is 14.0 Å². The van der Waals surface area contributed by atoms with Gasteiger partial charge in [-0.2, -0.15) is 0 Å². The van der Waals surface area contributed by atoms with Gasteiger partial charge in [-0.3, -0.25) is 9.59 Å². The van der Waals surface area contributed by atoms with Crippen LogP contribution in [-0.4, -0.2) is 56.7 Å². The number of carbonyl (C=O) groups is 2. The number of anilines is 1. The van der Waals surface area contributed by atoms with E-state index in [4.69, 9.17) is 14.2 Å². The molecule has 2 rings (SSSR count). The zero-order chi connectivity index (χ0) is 17.9. The van der Waals surface area contributed by atoms with Crippen LogP contribution in [0, 0.1) is 0 Å². The Hall–Kier alpha value is -2.28. The van der Waals surface area contributed by atoms with Crippen LogP contribution in [0.1, 0.15) is 20.8 Å². The van der Waals surface area contributed by atoms with Crippen LogP contribution in [0.2, 0.25) is 0 Å². The Morgan fingerprint density at radius 3 is 2.46 bits per heavy atom. The number of hydrogen-bond donors (Lipinski definition) is 1. The lowest BCUT2D eigenvalue weighted by Gasteiger charge is -2.26. The molecule has 7 heteroatoms. The van der Waals surface area contributed by atoms with E-state index in [0.717, 1.165) is 0 Å². The fourth-order valence-electron chi connectivity index (χ4n) is 2.11. The third-order valence-electron chi connectivity index (χ3n) is 3.20. The van der Waals surface area contributed by atoms with Crippen molar-refractivity contribution >= 4 is 17.5 Å². The highest BCUT2D eigenvalue weighted by Gasteiger charge is 2.18. The molecule has 1 aliphatic rings. The van der Waals surface area contributed by atoms with Gasteiger partial charge in [-0.25, -0.2) is 0 Å². The Balaban J connectivity index is 0.00000139. The van der Waals surface area contributed by atoms with E-state index in [2.05, 4.69) is 5.32 Å². The number of rotatable bonds is 5. The van der Waals surface area contributed by atoms with E-state index < -0.39 is 0 Å². The first-order valence-electron chi connectivity index (χ1n) is 8.04. The summed E-state index contributed by atoms with van der Waals surface area (Å²) in [7, 11) is 1.50. The predicted molar refractivity (Wildman–Crippen MR) is 91.5 cm³/mol. The van der Waals surface area contributed by atoms with Gasteiger partial charge in [0.15, 0.2) is 18.1 Å². The molecular formula is C17H26N2O5. The van der Waals surface area contributed by atoms with Gasteiger partial charge < -0.3 is 24.4 Å². The highest BCUT2D eigenvalue weighted by atomic mass is 16.5. The molecule has 1 aromatic carbocycles. The molecule has 1 saturated heterocycles. The van der Waals surface area contributed by atoms with Crippen LogP contribution >= 0.6 is 0 Å². The highest BCUT2D eigenvalue weighted by molar-refractivity contribution is 5.89. The van der Waals surface area contributed by atoms with Gasteiger partial charge in [-0.05, 0) is 12.1 Å². The maximum absolute atomic E-state index is 12.0. The largest absolute Gasteiger partial charge is 0.493 e. The van der Waals surface area contributed by atoms with Gasteiger partial charge in [-0.1, -0.05) is 13.8 Å². The predicted octanol–water partition coefficient (Wildman–Crippen LogP) is 1.92. The van der Waals surface area contributed by atoms with Gasteiger partial charge in [0.1, 0.15) is 0 Å². The zero-order valence-corrected chi connectivity index (χ0v) is 14.8. The van der Waals surface area contributed by atoms with Crippen LogP contribution in [0.15, 0.2) is 18.2 Å². The van der Waals surface area contributed by atoms with Crippen molar-refractivity contribution < 1.29 is 23.8 Å². The molecule has 2 amide bonds. The molecule has 1 N–H and O–H groups in total. The second kappa shape index (κ2) is 10.5. The van der Waals surface area contributed by atoms with Crippen molar-refractivity contribution in [3.63, 3.8) is 0 Å². The fourth-order valence-corrected chi connectivity index (χ4v) is 2.11. The summed E-state index contributed by atoms with van der Waals surface area (Å²) >= 11 is 0. The number of nitrogens with zero attached hydrogens (tertiary/aromatic N) is 1. The summed E-state index contributed by atoms with van der Waals surface area (Å²) in [5, 5.41) is 2.66. The summed E-state index contributed by atoms with van der Waals surface area (Å²) in [4.78, 5) is 24.8. The molecule has 0 atom stereocenters. The van der Waals surface area contributed by atoms with Crippen molar-refractivity contribution in [2.45, 2.75) is 20.8 Å². The normalized spacial score (nSPS) is 13.4. The number of morpholine rings is 1. The number of hydrogen-bond acceptors (Lipinski definition) is 5. The zero-order valence-electron chi connectivity index (χ0n) is 14.8. The lowest BCUT2D eigenvalue weighted by atomic mass is 10.2. The molecule has 24 heavy (non-hydrogen) atoms. The van der Waals surface area contributed by atoms with Crippen LogP contribution in [0.25, 0.3) is 0 Å². The number of methoxy groups -OCH3 is 1. The summed E-state index contributed by atoms with van der Waals surface area (Å²) in [5.41, 5.74) is 0.608. The highest BCUT2D eigenvalue weighted by Crippen LogP contribution is 2.30. The first kappa shape index (κ1) is 19.8. The second-order valence-electron chi connectivity index (χ2n) is 4.83. The monoisotopic (exact) mass is 338 g/mol. The first-order chi connectivity index (χ1) is 11.6. The number of ether oxygens (including phenoxy) is 3. The Kier molecular flexibility index (Phi) is 8.64. The number of nitrogens with one attached hydrogen (secondary N) is 1. The molecule has 1 heterocycles. The quantitative estimate of drug-likeness (QED) is 0.887. The average molecular weight is 338 g/mol. The van der Waals surface area contributed by atoms with E-state index in [9.17, 15) is 9.59 Å². The molecule has 0 saturated carbocycles. The molecule has 1 aromatic rings. The fraction of sp³-hybridized carbons (Fsp3) is 0.529. The standard InChI is InChI=1S/C15H20N2O5.C2H6/c1-11(18)16-12-3-4-13(14(9-12)20-2)22-10-15(19)17-5-7-21-8-6-17;1-2/h3-4,9H,5-8,10H2,1-2H3,(H,16,18);1-2H3. The van der Waals surface area contributed by atoms with Crippen molar-refractivity contribution in [2.75, 3.05) is 45.3 Å². The van der Waals surface area contributed by atoms with E-state index in [0.29, 0.717) is 43.5 Å². The minimum atomic E-state index is -0.168. The Bertz CT molecular complexity index is 542. The third-order valence-corrected chi connectivity index (χ3v) is 3.20. The van der Waals surface area contributed by atoms with Gasteiger partial charge in [0, 0.05) is 31.8 Å². The van der Waals surface area contributed by atoms with E-state index in [-0.39, 0.29) is 18.4 Å². The van der Waals surface area contributed by atoms with Crippen molar-refractivity contribution in [2.24, 2.45) is 0 Å². The topological polar surface area (TPSA) is 77.1 Å². The molecule has 0 aromatic heterocycles. The molecule has 134 valence electrons. The summed E-state index contributed by atoms with van der Waals surface area (Å²) < 4.78 is 16.0. The minimum absolute atomic E-state index is 0.0597. The van der Waals surface area contributed by atoms with Crippen LogP contribution in [0.5, 0.6) is 11.5 Å². The van der Waals surface area contributed by atoms with E-state index >= 15 is 0 Å². The Morgan fingerprint density at radius 1 is 1.21 bits per heavy atom. The molecule has 0 radical (unpaired) electrons. The number of benzene rings is 1. The Labute approximate surface area is 142 Å². The van der Waals surface area contributed by atoms with Crippen molar-refractivity contribution in [3.8, 4) is 11.5 Å². The van der Waals surface area contributed by atoms with Gasteiger partial charge in [-0.15, -0.1) is 0 Å². The smallest absolute Gasteiger partial charge is 0.260 e. The summed E-state index contributed by atoms with van der Waals surface area (Å²) in [5.74, 6) is 0.661. The second-order valence-corrected chi connectivity index (χ2v) is 4.83. The molecule has 0 aliphatic carbocycles. The lowest BCUT2D eigenvalue weighted by molar-refractivity contribution is -0.137. The molecular weight excluding hydrogens is 312 g/mol. The molecule has 0 unspecified atom stereocenters. The van der Waals surface area contributed by atoms with Crippen molar-refractivity contribution in [3.05, 3.63) is 18.2 Å². The van der Waals surface area contributed by atoms with Gasteiger partial charge in [0.25, 0.3) is 5.91 Å². The van der Waals surface area contributed by atoms with Crippen LogP contribution in [-0.2, 0) is 14.3 Å². The first-order valence-corrected chi connectivity index (χ1v) is 8.04. The van der Waals surface area contributed by atoms with E-state index in [1.807, 2.05) is 13.8 Å². The van der Waals surface area contributed by atoms with Gasteiger partial charge in [0.05, 0.1) is 20.3 Å². The van der Waals surface area contributed by atoms with Crippen LogP contribution < -0.4 is 14.8 Å². The van der Waals surface area contributed by atoms with Gasteiger partial charge >= 0.3 is 0 Å². The van der Waals surface area contributed by atoms with E-state index in [1.54, 1.807) is 23.1 Å². The summed E-state index contributed by atoms with van der Waals surface area (Å²) in [6, 6.07) is 5.01. The van der Waals surface area contributed by atoms with Crippen molar-refractivity contribution in [1.29, 1.82) is 0 Å². The number of carbonyl (C=O) groups excluding carboxylic acids is 2. The molecule has 0 bridgehead atoms. The van der Waals surface area contributed by atoms with Crippen LogP contribution in [0.3, 0.4) is 0 Å². The van der Waals surface area contributed by atoms with Gasteiger partial charge in [0.2, 0.25) is 5.91 Å². The molecule has 7 nitrogen and oxygen atoms in total. The third kappa shape index (κ3) is 6.08. The summed E-state index contributed by atoms with van der Waals surface area (Å²) in [6.45, 7) is 7.65. The summed E-state index contributed by atoms with van der Waals surface area (Å²) in [6.07, 6.45) is 0. The maximum atomic E-state index is 12.0. The molecule has 0 spiro atoms. The SMILES string of the molecule is CC.COc1cc(NC(C)=O)ccc1OCC(=O)N1CCOCC1. The molecule has 1 aliphatic heterocycles. The maximum Gasteiger partial charge on any atom is 0.260 e. The van der Waals surface area contributed by atoms with Crippen LogP contribution in [0.4, 0.5) is 5.69 Å². The number of amides is 2. The lowest BCUT2D eigenvalue weighted by Crippen LogP contribution is -2.43. The average Bonchev–Trinajstić information content (AvgIpc) is 2.62. The van der Waals surface area contributed by atoms with Crippen molar-refractivity contribution in [1.82, 2.24) is 4.90 Å². The minimum Gasteiger partial charge on any atom is -0.493 e. The molecule has 1 fully saturated rings.